The molecule has 0 radical (unpaired) electrons. The van der Waals surface area contributed by atoms with E-state index < -0.39 is 5.82 Å². The van der Waals surface area contributed by atoms with Crippen molar-refractivity contribution in [3.05, 3.63) is 12.0 Å². The van der Waals surface area contributed by atoms with E-state index in [0.717, 1.165) is 18.6 Å². The second-order valence-corrected chi connectivity index (χ2v) is 5.32. The van der Waals surface area contributed by atoms with Crippen molar-refractivity contribution < 1.29 is 9.13 Å². The summed E-state index contributed by atoms with van der Waals surface area (Å²) in [5.41, 5.74) is 4.00. The van der Waals surface area contributed by atoms with Crippen LogP contribution in [0.5, 0.6) is 0 Å². The molecular formula is C14H20FN5O. The van der Waals surface area contributed by atoms with E-state index >= 15 is 0 Å². The fourth-order valence-electron chi connectivity index (χ4n) is 2.61. The molecule has 1 aromatic heterocycles. The van der Waals surface area contributed by atoms with Crippen molar-refractivity contribution >= 4 is 17.5 Å². The number of hydrogen-bond donors (Lipinski definition) is 1. The lowest BCUT2D eigenvalue weighted by atomic mass is 9.99. The van der Waals surface area contributed by atoms with Crippen LogP contribution >= 0.6 is 0 Å². The van der Waals surface area contributed by atoms with Gasteiger partial charge in [-0.3, -0.25) is 0 Å². The first-order valence-electron chi connectivity index (χ1n) is 7.49. The first-order valence-corrected chi connectivity index (χ1v) is 7.49. The van der Waals surface area contributed by atoms with Crippen molar-refractivity contribution in [2.45, 2.75) is 32.1 Å². The average molecular weight is 293 g/mol. The second kappa shape index (κ2) is 6.80. The summed E-state index contributed by atoms with van der Waals surface area (Å²) in [6, 6.07) is 0. The number of aromatic nitrogens is 2. The van der Waals surface area contributed by atoms with E-state index in [1.165, 1.54) is 25.5 Å². The quantitative estimate of drug-likeness (QED) is 0.866. The zero-order chi connectivity index (χ0) is 14.5. The highest BCUT2D eigenvalue weighted by Gasteiger charge is 2.17. The predicted octanol–water partition coefficient (Wildman–Crippen LogP) is 2.18. The molecule has 0 amide bonds. The SMILES string of the molecule is Fc1cnc(NN=C2CCCCC2)nc1N1CCOCC1. The Labute approximate surface area is 123 Å². The Balaban J connectivity index is 1.70. The summed E-state index contributed by atoms with van der Waals surface area (Å²) in [7, 11) is 0. The van der Waals surface area contributed by atoms with Crippen molar-refractivity contribution in [1.29, 1.82) is 0 Å². The van der Waals surface area contributed by atoms with E-state index in [4.69, 9.17) is 4.74 Å². The number of halogens is 1. The smallest absolute Gasteiger partial charge is 0.245 e. The first-order chi connectivity index (χ1) is 10.3. The lowest BCUT2D eigenvalue weighted by Gasteiger charge is -2.27. The third-order valence-corrected chi connectivity index (χ3v) is 3.78. The largest absolute Gasteiger partial charge is 0.378 e. The van der Waals surface area contributed by atoms with Gasteiger partial charge in [-0.1, -0.05) is 6.42 Å². The zero-order valence-corrected chi connectivity index (χ0v) is 12.0. The van der Waals surface area contributed by atoms with Gasteiger partial charge in [0.05, 0.1) is 19.4 Å². The van der Waals surface area contributed by atoms with E-state index in [2.05, 4.69) is 20.5 Å². The minimum absolute atomic E-state index is 0.319. The van der Waals surface area contributed by atoms with Gasteiger partial charge in [-0.05, 0) is 25.7 Å². The summed E-state index contributed by atoms with van der Waals surface area (Å²) in [6.07, 6.45) is 6.87. The van der Waals surface area contributed by atoms with Crippen LogP contribution in [0.2, 0.25) is 0 Å². The van der Waals surface area contributed by atoms with E-state index in [1.807, 2.05) is 4.90 Å². The molecule has 114 valence electrons. The molecule has 3 rings (SSSR count). The molecule has 1 aliphatic carbocycles. The molecule has 2 fully saturated rings. The standard InChI is InChI=1S/C14H20FN5O/c15-12-10-16-14(19-18-11-4-2-1-3-5-11)17-13(12)20-6-8-21-9-7-20/h10H,1-9H2,(H,16,17,19). The van der Waals surface area contributed by atoms with Gasteiger partial charge in [-0.2, -0.15) is 10.1 Å². The molecule has 1 aliphatic heterocycles. The summed E-state index contributed by atoms with van der Waals surface area (Å²) in [5.74, 6) is 0.253. The molecule has 2 aliphatic rings. The molecule has 6 nitrogen and oxygen atoms in total. The molecule has 1 saturated heterocycles. The Bertz CT molecular complexity index is 508. The van der Waals surface area contributed by atoms with Crippen molar-refractivity contribution in [3.8, 4) is 0 Å². The molecule has 0 unspecified atom stereocenters. The van der Waals surface area contributed by atoms with Gasteiger partial charge < -0.3 is 9.64 Å². The minimum atomic E-state index is -0.409. The maximum Gasteiger partial charge on any atom is 0.245 e. The van der Waals surface area contributed by atoms with Crippen LogP contribution in [-0.4, -0.2) is 42.0 Å². The highest BCUT2D eigenvalue weighted by molar-refractivity contribution is 5.85. The van der Waals surface area contributed by atoms with E-state index in [0.29, 0.717) is 38.1 Å². The third-order valence-electron chi connectivity index (χ3n) is 3.78. The molecule has 1 N–H and O–H groups in total. The van der Waals surface area contributed by atoms with Crippen LogP contribution in [0.25, 0.3) is 0 Å². The van der Waals surface area contributed by atoms with E-state index in [-0.39, 0.29) is 0 Å². The van der Waals surface area contributed by atoms with Gasteiger partial charge in [-0.15, -0.1) is 0 Å². The number of ether oxygens (including phenoxy) is 1. The van der Waals surface area contributed by atoms with Crippen molar-refractivity contribution in [2.75, 3.05) is 36.6 Å². The third kappa shape index (κ3) is 3.66. The molecule has 21 heavy (non-hydrogen) atoms. The summed E-state index contributed by atoms with van der Waals surface area (Å²) in [6.45, 7) is 2.47. The number of nitrogens with zero attached hydrogens (tertiary/aromatic N) is 4. The maximum atomic E-state index is 13.9. The van der Waals surface area contributed by atoms with Crippen LogP contribution in [0.15, 0.2) is 11.3 Å². The van der Waals surface area contributed by atoms with Crippen LogP contribution in [0, 0.1) is 5.82 Å². The number of hydrogen-bond acceptors (Lipinski definition) is 6. The number of anilines is 2. The maximum absolute atomic E-state index is 13.9. The molecular weight excluding hydrogens is 273 g/mol. The topological polar surface area (TPSA) is 62.6 Å². The van der Waals surface area contributed by atoms with Gasteiger partial charge in [0.15, 0.2) is 11.6 Å². The summed E-state index contributed by atoms with van der Waals surface area (Å²) in [4.78, 5) is 10.1. The second-order valence-electron chi connectivity index (χ2n) is 5.32. The summed E-state index contributed by atoms with van der Waals surface area (Å²) >= 11 is 0. The Morgan fingerprint density at radius 2 is 1.95 bits per heavy atom. The molecule has 0 aromatic carbocycles. The zero-order valence-electron chi connectivity index (χ0n) is 12.0. The van der Waals surface area contributed by atoms with Crippen LogP contribution in [0.1, 0.15) is 32.1 Å². The van der Waals surface area contributed by atoms with Crippen molar-refractivity contribution in [3.63, 3.8) is 0 Å². The fraction of sp³-hybridized carbons (Fsp3) is 0.643. The Hall–Kier alpha value is -1.76. The molecule has 0 bridgehead atoms. The molecule has 1 aromatic rings. The van der Waals surface area contributed by atoms with E-state index in [9.17, 15) is 4.39 Å². The van der Waals surface area contributed by atoms with Crippen LogP contribution in [-0.2, 0) is 4.74 Å². The van der Waals surface area contributed by atoms with Gasteiger partial charge in [0.1, 0.15) is 0 Å². The monoisotopic (exact) mass is 293 g/mol. The highest BCUT2D eigenvalue weighted by atomic mass is 19.1. The van der Waals surface area contributed by atoms with Crippen LogP contribution in [0.4, 0.5) is 16.2 Å². The highest BCUT2D eigenvalue weighted by Crippen LogP contribution is 2.19. The molecule has 2 heterocycles. The lowest BCUT2D eigenvalue weighted by molar-refractivity contribution is 0.122. The molecule has 0 spiro atoms. The Morgan fingerprint density at radius 3 is 2.71 bits per heavy atom. The van der Waals surface area contributed by atoms with Gasteiger partial charge >= 0.3 is 0 Å². The van der Waals surface area contributed by atoms with Crippen LogP contribution in [0.3, 0.4) is 0 Å². The van der Waals surface area contributed by atoms with Gasteiger partial charge in [0.25, 0.3) is 0 Å². The number of morpholine rings is 1. The van der Waals surface area contributed by atoms with Crippen molar-refractivity contribution in [2.24, 2.45) is 5.10 Å². The minimum Gasteiger partial charge on any atom is -0.378 e. The Kier molecular flexibility index (Phi) is 4.59. The normalized spacial score (nSPS) is 19.5. The van der Waals surface area contributed by atoms with Gasteiger partial charge in [0.2, 0.25) is 5.95 Å². The lowest BCUT2D eigenvalue weighted by Crippen LogP contribution is -2.37. The predicted molar refractivity (Wildman–Crippen MR) is 79.2 cm³/mol. The van der Waals surface area contributed by atoms with Gasteiger partial charge in [-0.25, -0.2) is 14.8 Å². The summed E-state index contributed by atoms with van der Waals surface area (Å²) < 4.78 is 19.2. The number of rotatable bonds is 3. The molecule has 7 heteroatoms. The molecule has 0 atom stereocenters. The number of nitrogens with one attached hydrogen (secondary N) is 1. The fourth-order valence-corrected chi connectivity index (χ4v) is 2.61. The average Bonchev–Trinajstić information content (AvgIpc) is 2.56. The molecule has 1 saturated carbocycles. The summed E-state index contributed by atoms with van der Waals surface area (Å²) in [5, 5.41) is 4.35. The van der Waals surface area contributed by atoms with E-state index in [1.54, 1.807) is 0 Å². The number of hydrazone groups is 1. The van der Waals surface area contributed by atoms with Gasteiger partial charge in [0, 0.05) is 18.8 Å². The Morgan fingerprint density at radius 1 is 1.19 bits per heavy atom. The first kappa shape index (κ1) is 14.2. The van der Waals surface area contributed by atoms with Crippen molar-refractivity contribution in [1.82, 2.24) is 9.97 Å². The van der Waals surface area contributed by atoms with Crippen LogP contribution < -0.4 is 10.3 Å².